The largest absolute Gasteiger partial charge is 0.494 e. The van der Waals surface area contributed by atoms with Crippen molar-refractivity contribution < 1.29 is 27.5 Å². The molecule has 2 N–H and O–H groups in total. The molecule has 0 aliphatic carbocycles. The second kappa shape index (κ2) is 13.2. The lowest BCUT2D eigenvalue weighted by molar-refractivity contribution is -0.123. The van der Waals surface area contributed by atoms with Gasteiger partial charge in [-0.1, -0.05) is 29.8 Å². The molecule has 9 nitrogen and oxygen atoms in total. The molecular formula is C32H34ClN3O6S. The number of benzene rings is 3. The summed E-state index contributed by atoms with van der Waals surface area (Å²) in [4.78, 5) is 25.7. The van der Waals surface area contributed by atoms with Gasteiger partial charge in [-0.3, -0.25) is 9.59 Å². The molecule has 0 spiro atoms. The molecule has 1 saturated heterocycles. The van der Waals surface area contributed by atoms with Gasteiger partial charge in [0.25, 0.3) is 15.9 Å². The van der Waals surface area contributed by atoms with E-state index in [0.717, 1.165) is 40.6 Å². The zero-order valence-corrected chi connectivity index (χ0v) is 25.6. The number of rotatable bonds is 10. The molecule has 2 amide bonds. The second-order valence-corrected chi connectivity index (χ2v) is 12.7. The highest BCUT2D eigenvalue weighted by Crippen LogP contribution is 2.26. The minimum absolute atomic E-state index is 0.0931. The monoisotopic (exact) mass is 623 g/mol. The lowest BCUT2D eigenvalue weighted by Gasteiger charge is -2.21. The van der Waals surface area contributed by atoms with Gasteiger partial charge in [0.1, 0.15) is 11.4 Å². The van der Waals surface area contributed by atoms with Crippen LogP contribution in [0.15, 0.2) is 71.6 Å². The van der Waals surface area contributed by atoms with E-state index >= 15 is 0 Å². The Bertz CT molecular complexity index is 1720. The minimum Gasteiger partial charge on any atom is -0.494 e. The van der Waals surface area contributed by atoms with Crippen molar-refractivity contribution in [2.24, 2.45) is 5.92 Å². The van der Waals surface area contributed by atoms with Crippen LogP contribution in [0.1, 0.15) is 40.9 Å². The first-order chi connectivity index (χ1) is 20.6. The Labute approximate surface area is 256 Å². The number of carbonyl (C=O) groups excluding carboxylic acids is 2. The summed E-state index contributed by atoms with van der Waals surface area (Å²) in [6.45, 7) is 5.70. The fourth-order valence-corrected chi connectivity index (χ4v) is 6.25. The predicted molar refractivity (Wildman–Crippen MR) is 166 cm³/mol. The minimum atomic E-state index is -4.18. The van der Waals surface area contributed by atoms with Crippen LogP contribution >= 0.6 is 11.6 Å². The summed E-state index contributed by atoms with van der Waals surface area (Å²) in [6.07, 6.45) is 2.15. The van der Waals surface area contributed by atoms with Crippen LogP contribution in [0.3, 0.4) is 0 Å². The number of fused-ring (bicyclic) bond motifs is 1. The molecule has 0 saturated carbocycles. The lowest BCUT2D eigenvalue weighted by Crippen LogP contribution is -2.32. The summed E-state index contributed by atoms with van der Waals surface area (Å²) in [6, 6.07) is 18.7. The molecule has 226 valence electrons. The smallest absolute Gasteiger partial charge is 0.281 e. The third kappa shape index (κ3) is 7.21. The van der Waals surface area contributed by atoms with E-state index in [4.69, 9.17) is 21.1 Å². The SMILES string of the molecule is Cc1cc(OCCCn2c(C(=O)NS(=O)(=O)c3ccc(NC(=O)C4CCCOC4)cc3)cc3ccccc32)cc(C)c1Cl. The third-order valence-corrected chi connectivity index (χ3v) is 9.38. The number of anilines is 1. The lowest BCUT2D eigenvalue weighted by atomic mass is 10.0. The number of nitrogens with one attached hydrogen (secondary N) is 2. The maximum absolute atomic E-state index is 13.3. The maximum Gasteiger partial charge on any atom is 0.281 e. The van der Waals surface area contributed by atoms with Crippen LogP contribution in [0, 0.1) is 19.8 Å². The number of para-hydroxylation sites is 1. The van der Waals surface area contributed by atoms with Crippen molar-refractivity contribution >= 4 is 50.0 Å². The summed E-state index contributed by atoms with van der Waals surface area (Å²) in [5.41, 5.74) is 3.37. The zero-order chi connectivity index (χ0) is 30.6. The molecule has 1 unspecified atom stereocenters. The van der Waals surface area contributed by atoms with Crippen LogP contribution in [0.25, 0.3) is 10.9 Å². The van der Waals surface area contributed by atoms with Crippen LogP contribution in [-0.4, -0.2) is 44.6 Å². The maximum atomic E-state index is 13.3. The van der Waals surface area contributed by atoms with Gasteiger partial charge < -0.3 is 19.4 Å². The quantitative estimate of drug-likeness (QED) is 0.214. The molecule has 1 aliphatic heterocycles. The molecule has 11 heteroatoms. The summed E-state index contributed by atoms with van der Waals surface area (Å²) in [5.74, 6) is -0.425. The average Bonchev–Trinajstić information content (AvgIpc) is 3.37. The standard InChI is InChI=1S/C32H34ClN3O6S/c1-21-17-26(18-22(2)30(21)33)42-16-6-14-36-28-9-4-3-7-23(28)19-29(36)32(38)35-43(39,40)27-12-10-25(11-13-27)34-31(37)24-8-5-15-41-20-24/h3-4,7,9-13,17-19,24H,5-6,8,14-16,20H2,1-2H3,(H,34,37)(H,35,38). The van der Waals surface area contributed by atoms with E-state index in [1.807, 2.05) is 50.2 Å². The highest BCUT2D eigenvalue weighted by atomic mass is 35.5. The van der Waals surface area contributed by atoms with E-state index in [9.17, 15) is 18.0 Å². The van der Waals surface area contributed by atoms with Crippen LogP contribution in [-0.2, 0) is 26.1 Å². The number of nitrogens with zero attached hydrogens (tertiary/aromatic N) is 1. The Balaban J connectivity index is 1.26. The molecule has 4 aromatic rings. The van der Waals surface area contributed by atoms with Crippen molar-refractivity contribution in [3.05, 3.63) is 88.6 Å². The van der Waals surface area contributed by atoms with E-state index < -0.39 is 15.9 Å². The number of carbonyl (C=O) groups is 2. The van der Waals surface area contributed by atoms with Gasteiger partial charge in [-0.15, -0.1) is 0 Å². The number of ether oxygens (including phenoxy) is 2. The van der Waals surface area contributed by atoms with Gasteiger partial charge in [-0.05, 0) is 92.8 Å². The number of aromatic nitrogens is 1. The normalized spacial score (nSPS) is 15.3. The summed E-state index contributed by atoms with van der Waals surface area (Å²) in [7, 11) is -4.18. The predicted octanol–water partition coefficient (Wildman–Crippen LogP) is 5.86. The molecule has 0 bridgehead atoms. The van der Waals surface area contributed by atoms with Gasteiger partial charge in [0.05, 0.1) is 24.0 Å². The van der Waals surface area contributed by atoms with Gasteiger partial charge in [0.15, 0.2) is 0 Å². The molecular weight excluding hydrogens is 590 g/mol. The Morgan fingerprint density at radius 1 is 1.05 bits per heavy atom. The third-order valence-electron chi connectivity index (χ3n) is 7.44. The number of aryl methyl sites for hydroxylation is 3. The molecule has 1 aromatic heterocycles. The zero-order valence-electron chi connectivity index (χ0n) is 24.1. The van der Waals surface area contributed by atoms with Crippen molar-refractivity contribution in [3.8, 4) is 5.75 Å². The van der Waals surface area contributed by atoms with E-state index in [-0.39, 0.29) is 22.4 Å². The van der Waals surface area contributed by atoms with Crippen molar-refractivity contribution in [3.63, 3.8) is 0 Å². The fourth-order valence-electron chi connectivity index (χ4n) is 5.18. The first-order valence-electron chi connectivity index (χ1n) is 14.2. The van der Waals surface area contributed by atoms with Crippen molar-refractivity contribution in [1.29, 1.82) is 0 Å². The average molecular weight is 624 g/mol. The first kappa shape index (κ1) is 30.6. The molecule has 43 heavy (non-hydrogen) atoms. The molecule has 5 rings (SSSR count). The van der Waals surface area contributed by atoms with E-state index in [2.05, 4.69) is 10.0 Å². The summed E-state index contributed by atoms with van der Waals surface area (Å²) < 4.78 is 41.6. The summed E-state index contributed by atoms with van der Waals surface area (Å²) >= 11 is 6.26. The fraction of sp³-hybridized carbons (Fsp3) is 0.312. The Hall–Kier alpha value is -3.86. The summed E-state index contributed by atoms with van der Waals surface area (Å²) in [5, 5.41) is 4.33. The van der Waals surface area contributed by atoms with E-state index in [1.165, 1.54) is 24.3 Å². The second-order valence-electron chi connectivity index (χ2n) is 10.7. The van der Waals surface area contributed by atoms with Gasteiger partial charge in [0, 0.05) is 34.8 Å². The van der Waals surface area contributed by atoms with Gasteiger partial charge >= 0.3 is 0 Å². The van der Waals surface area contributed by atoms with Gasteiger partial charge in [-0.25, -0.2) is 13.1 Å². The Morgan fingerprint density at radius 3 is 2.47 bits per heavy atom. The number of halogens is 1. The first-order valence-corrected chi connectivity index (χ1v) is 16.0. The molecule has 1 fully saturated rings. The number of hydrogen-bond donors (Lipinski definition) is 2. The van der Waals surface area contributed by atoms with Crippen LogP contribution in [0.5, 0.6) is 5.75 Å². The van der Waals surface area contributed by atoms with Crippen molar-refractivity contribution in [1.82, 2.24) is 9.29 Å². The van der Waals surface area contributed by atoms with Gasteiger partial charge in [-0.2, -0.15) is 0 Å². The molecule has 2 heterocycles. The Kier molecular flexibility index (Phi) is 9.39. The highest BCUT2D eigenvalue weighted by molar-refractivity contribution is 7.90. The number of sulfonamides is 1. The molecule has 1 aliphatic rings. The molecule has 3 aromatic carbocycles. The van der Waals surface area contributed by atoms with Crippen LogP contribution in [0.4, 0.5) is 5.69 Å². The number of hydrogen-bond acceptors (Lipinski definition) is 6. The van der Waals surface area contributed by atoms with Crippen molar-refractivity contribution in [2.45, 2.75) is 44.6 Å². The van der Waals surface area contributed by atoms with E-state index in [1.54, 1.807) is 10.6 Å². The Morgan fingerprint density at radius 2 is 1.77 bits per heavy atom. The van der Waals surface area contributed by atoms with Crippen molar-refractivity contribution in [2.75, 3.05) is 25.1 Å². The van der Waals surface area contributed by atoms with Crippen LogP contribution < -0.4 is 14.8 Å². The topological polar surface area (TPSA) is 116 Å². The molecule has 0 radical (unpaired) electrons. The van der Waals surface area contributed by atoms with E-state index in [0.29, 0.717) is 43.5 Å². The molecule has 1 atom stereocenters. The van der Waals surface area contributed by atoms with Gasteiger partial charge in [0.2, 0.25) is 5.91 Å². The number of amides is 2. The van der Waals surface area contributed by atoms with Crippen LogP contribution in [0.2, 0.25) is 5.02 Å². The highest BCUT2D eigenvalue weighted by Gasteiger charge is 2.24.